The topological polar surface area (TPSA) is 92.3 Å². The van der Waals surface area contributed by atoms with Crippen molar-refractivity contribution in [3.05, 3.63) is 5.01 Å². The number of hydrogen-bond donors (Lipinski definition) is 1. The number of nitrogens with one attached hydrogen (secondary N) is 1. The molecule has 2 heterocycles. The predicted molar refractivity (Wildman–Crippen MR) is 73.0 cm³/mol. The van der Waals surface area contributed by atoms with Crippen molar-refractivity contribution < 1.29 is 13.2 Å². The molecule has 1 aliphatic heterocycles. The Morgan fingerprint density at radius 2 is 2.26 bits per heavy atom. The number of anilines is 1. The zero-order valence-corrected chi connectivity index (χ0v) is 12.4. The second-order valence-electron chi connectivity index (χ2n) is 4.65. The van der Waals surface area contributed by atoms with Crippen LogP contribution >= 0.6 is 11.3 Å². The molecule has 7 nitrogen and oxygen atoms in total. The Morgan fingerprint density at radius 3 is 2.79 bits per heavy atom. The normalized spacial score (nSPS) is 21.7. The molecule has 1 aromatic heterocycles. The number of nitrogens with zero attached hydrogens (tertiary/aromatic N) is 3. The Balaban J connectivity index is 1.85. The van der Waals surface area contributed by atoms with E-state index in [1.54, 1.807) is 11.9 Å². The molecule has 1 fully saturated rings. The van der Waals surface area contributed by atoms with E-state index in [9.17, 15) is 13.2 Å². The summed E-state index contributed by atoms with van der Waals surface area (Å²) in [5, 5.41) is 11.5. The van der Waals surface area contributed by atoms with Crippen LogP contribution in [-0.4, -0.2) is 60.6 Å². The van der Waals surface area contributed by atoms with Gasteiger partial charge in [-0.3, -0.25) is 15.0 Å². The number of hydrogen-bond acceptors (Lipinski definition) is 7. The number of aryl methyl sites for hydroxylation is 1. The largest absolute Gasteiger partial charge is 0.299 e. The molecule has 0 saturated carbocycles. The van der Waals surface area contributed by atoms with Crippen LogP contribution in [0.25, 0.3) is 0 Å². The summed E-state index contributed by atoms with van der Waals surface area (Å²) in [5.74, 6) is 0.136. The van der Waals surface area contributed by atoms with Gasteiger partial charge in [0, 0.05) is 6.04 Å². The fourth-order valence-electron chi connectivity index (χ4n) is 1.98. The molecule has 1 N–H and O–H groups in total. The number of amides is 1. The minimum Gasteiger partial charge on any atom is -0.299 e. The van der Waals surface area contributed by atoms with Crippen LogP contribution in [0.15, 0.2) is 0 Å². The van der Waals surface area contributed by atoms with Crippen molar-refractivity contribution in [3.63, 3.8) is 0 Å². The molecule has 1 saturated heterocycles. The summed E-state index contributed by atoms with van der Waals surface area (Å²) < 4.78 is 22.8. The number of aromatic nitrogens is 2. The van der Waals surface area contributed by atoms with Crippen LogP contribution in [0.5, 0.6) is 0 Å². The number of carbonyl (C=O) groups excluding carboxylic acids is 1. The summed E-state index contributed by atoms with van der Waals surface area (Å²) in [6, 6.07) is -0.0769. The third-order valence-electron chi connectivity index (χ3n) is 3.00. The lowest BCUT2D eigenvalue weighted by molar-refractivity contribution is -0.117. The van der Waals surface area contributed by atoms with Crippen LogP contribution in [0, 0.1) is 6.92 Å². The smallest absolute Gasteiger partial charge is 0.240 e. The van der Waals surface area contributed by atoms with E-state index in [0.29, 0.717) is 11.6 Å². The van der Waals surface area contributed by atoms with Crippen molar-refractivity contribution in [1.29, 1.82) is 0 Å². The Bertz CT molecular complexity index is 569. The van der Waals surface area contributed by atoms with Crippen LogP contribution in [0.3, 0.4) is 0 Å². The molecule has 0 radical (unpaired) electrons. The van der Waals surface area contributed by atoms with Crippen LogP contribution < -0.4 is 5.32 Å². The molecule has 1 amide bonds. The van der Waals surface area contributed by atoms with E-state index >= 15 is 0 Å². The van der Waals surface area contributed by atoms with E-state index in [1.807, 2.05) is 6.92 Å². The quantitative estimate of drug-likeness (QED) is 0.835. The van der Waals surface area contributed by atoms with Gasteiger partial charge in [0.1, 0.15) is 5.01 Å². The van der Waals surface area contributed by atoms with E-state index in [-0.39, 0.29) is 30.0 Å². The first kappa shape index (κ1) is 14.4. The Kier molecular flexibility index (Phi) is 4.16. The van der Waals surface area contributed by atoms with Crippen molar-refractivity contribution in [1.82, 2.24) is 15.1 Å². The predicted octanol–water partition coefficient (Wildman–Crippen LogP) is -0.0961. The third kappa shape index (κ3) is 3.95. The number of rotatable bonds is 4. The number of likely N-dealkylation sites (N-methyl/N-ethyl adjacent to an activating group) is 1. The lowest BCUT2D eigenvalue weighted by Gasteiger charge is -2.21. The van der Waals surface area contributed by atoms with E-state index in [2.05, 4.69) is 15.5 Å². The highest BCUT2D eigenvalue weighted by Crippen LogP contribution is 2.17. The summed E-state index contributed by atoms with van der Waals surface area (Å²) >= 11 is 1.31. The van der Waals surface area contributed by atoms with Gasteiger partial charge in [0.25, 0.3) is 0 Å². The molecule has 2 rings (SSSR count). The lowest BCUT2D eigenvalue weighted by atomic mass is 10.2. The molecule has 19 heavy (non-hydrogen) atoms. The minimum atomic E-state index is -2.93. The summed E-state index contributed by atoms with van der Waals surface area (Å²) in [6.07, 6.45) is 0.587. The zero-order valence-electron chi connectivity index (χ0n) is 10.8. The first-order chi connectivity index (χ1) is 8.85. The van der Waals surface area contributed by atoms with E-state index < -0.39 is 9.84 Å². The second-order valence-corrected chi connectivity index (χ2v) is 8.06. The maximum absolute atomic E-state index is 11.8. The maximum Gasteiger partial charge on any atom is 0.240 e. The highest BCUT2D eigenvalue weighted by atomic mass is 32.2. The molecular weight excluding hydrogens is 288 g/mol. The Labute approximate surface area is 115 Å². The van der Waals surface area contributed by atoms with Crippen molar-refractivity contribution in [2.45, 2.75) is 19.4 Å². The van der Waals surface area contributed by atoms with Crippen molar-refractivity contribution in [3.8, 4) is 0 Å². The summed E-state index contributed by atoms with van der Waals surface area (Å²) in [6.45, 7) is 1.96. The van der Waals surface area contributed by atoms with Crippen molar-refractivity contribution >= 4 is 32.2 Å². The molecule has 106 valence electrons. The fraction of sp³-hybridized carbons (Fsp3) is 0.700. The molecule has 9 heteroatoms. The first-order valence-electron chi connectivity index (χ1n) is 5.86. The van der Waals surface area contributed by atoms with Gasteiger partial charge in [0.2, 0.25) is 11.0 Å². The Hall–Kier alpha value is -1.06. The van der Waals surface area contributed by atoms with Gasteiger partial charge in [0.15, 0.2) is 9.84 Å². The molecule has 1 aliphatic rings. The van der Waals surface area contributed by atoms with Crippen LogP contribution in [-0.2, 0) is 14.6 Å². The summed E-state index contributed by atoms with van der Waals surface area (Å²) in [4.78, 5) is 13.6. The van der Waals surface area contributed by atoms with Gasteiger partial charge in [0.05, 0.1) is 18.1 Å². The molecule has 0 spiro atoms. The van der Waals surface area contributed by atoms with Gasteiger partial charge in [-0.25, -0.2) is 8.42 Å². The van der Waals surface area contributed by atoms with E-state index in [0.717, 1.165) is 5.01 Å². The second kappa shape index (κ2) is 5.51. The average Bonchev–Trinajstić information content (AvgIpc) is 2.84. The third-order valence-corrected chi connectivity index (χ3v) is 5.50. The van der Waals surface area contributed by atoms with Crippen molar-refractivity contribution in [2.75, 3.05) is 30.4 Å². The van der Waals surface area contributed by atoms with Gasteiger partial charge in [-0.15, -0.1) is 10.2 Å². The van der Waals surface area contributed by atoms with Crippen LogP contribution in [0.1, 0.15) is 11.4 Å². The van der Waals surface area contributed by atoms with Gasteiger partial charge >= 0.3 is 0 Å². The maximum atomic E-state index is 11.8. The molecule has 1 atom stereocenters. The molecule has 0 unspecified atom stereocenters. The highest BCUT2D eigenvalue weighted by molar-refractivity contribution is 7.91. The van der Waals surface area contributed by atoms with Gasteiger partial charge < -0.3 is 0 Å². The minimum absolute atomic E-state index is 0.0769. The molecule has 1 aromatic rings. The molecule has 0 bridgehead atoms. The van der Waals surface area contributed by atoms with Gasteiger partial charge in [-0.2, -0.15) is 0 Å². The van der Waals surface area contributed by atoms with E-state index in [1.165, 1.54) is 11.3 Å². The summed E-state index contributed by atoms with van der Waals surface area (Å²) in [5.41, 5.74) is 0. The summed E-state index contributed by atoms with van der Waals surface area (Å²) in [7, 11) is -1.17. The van der Waals surface area contributed by atoms with Gasteiger partial charge in [-0.05, 0) is 20.4 Å². The van der Waals surface area contributed by atoms with Crippen LogP contribution in [0.4, 0.5) is 5.13 Å². The number of sulfone groups is 1. The number of carbonyl (C=O) groups is 1. The zero-order chi connectivity index (χ0) is 14.0. The molecule has 0 aliphatic carbocycles. The fourth-order valence-corrected chi connectivity index (χ4v) is 4.40. The SMILES string of the molecule is Cc1nnc(NC(=O)CN(C)[C@@H]2CCS(=O)(=O)C2)s1. The monoisotopic (exact) mass is 304 g/mol. The standard InChI is InChI=1S/C10H16N4O3S2/c1-7-12-13-10(18-7)11-9(15)5-14(2)8-3-4-19(16,17)6-8/h8H,3-6H2,1-2H3,(H,11,13,15)/t8-/m1/s1. The lowest BCUT2D eigenvalue weighted by Crippen LogP contribution is -2.38. The van der Waals surface area contributed by atoms with Crippen LogP contribution in [0.2, 0.25) is 0 Å². The molecule has 0 aromatic carbocycles. The Morgan fingerprint density at radius 1 is 1.53 bits per heavy atom. The highest BCUT2D eigenvalue weighted by Gasteiger charge is 2.31. The van der Waals surface area contributed by atoms with Gasteiger partial charge in [-0.1, -0.05) is 11.3 Å². The van der Waals surface area contributed by atoms with Crippen molar-refractivity contribution in [2.24, 2.45) is 0 Å². The molecular formula is C10H16N4O3S2. The average molecular weight is 304 g/mol. The first-order valence-corrected chi connectivity index (χ1v) is 8.50. The van der Waals surface area contributed by atoms with E-state index in [4.69, 9.17) is 0 Å².